The molecule has 0 fully saturated rings. The Morgan fingerprint density at radius 2 is 2.43 bits per heavy atom. The van der Waals surface area contributed by atoms with Crippen molar-refractivity contribution in [3.8, 4) is 0 Å². The SMILES string of the molecule is CCNCC(=O)CCc1cnn(C)c1. The van der Waals surface area contributed by atoms with Crippen LogP contribution in [0.5, 0.6) is 0 Å². The maximum absolute atomic E-state index is 11.3. The topological polar surface area (TPSA) is 46.9 Å². The van der Waals surface area contributed by atoms with E-state index < -0.39 is 0 Å². The molecule has 0 unspecified atom stereocenters. The highest BCUT2D eigenvalue weighted by Crippen LogP contribution is 2.00. The molecule has 0 atom stereocenters. The Hall–Kier alpha value is -1.16. The molecule has 4 nitrogen and oxygen atoms in total. The van der Waals surface area contributed by atoms with Crippen LogP contribution in [0.1, 0.15) is 18.9 Å². The quantitative estimate of drug-likeness (QED) is 0.720. The number of aryl methyl sites for hydroxylation is 2. The number of nitrogens with zero attached hydrogens (tertiary/aromatic N) is 2. The van der Waals surface area contributed by atoms with E-state index in [0.717, 1.165) is 18.5 Å². The van der Waals surface area contributed by atoms with Gasteiger partial charge in [0.1, 0.15) is 5.78 Å². The van der Waals surface area contributed by atoms with Crippen molar-refractivity contribution >= 4 is 5.78 Å². The van der Waals surface area contributed by atoms with Gasteiger partial charge in [0.2, 0.25) is 0 Å². The van der Waals surface area contributed by atoms with Crippen LogP contribution >= 0.6 is 0 Å². The second-order valence-electron chi connectivity index (χ2n) is 3.34. The van der Waals surface area contributed by atoms with E-state index in [0.29, 0.717) is 13.0 Å². The predicted octanol–water partition coefficient (Wildman–Crippen LogP) is 0.531. The monoisotopic (exact) mass is 195 g/mol. The Balaban J connectivity index is 2.23. The van der Waals surface area contributed by atoms with Gasteiger partial charge < -0.3 is 5.32 Å². The maximum atomic E-state index is 11.3. The fraction of sp³-hybridized carbons (Fsp3) is 0.600. The molecular weight excluding hydrogens is 178 g/mol. The summed E-state index contributed by atoms with van der Waals surface area (Å²) >= 11 is 0. The summed E-state index contributed by atoms with van der Waals surface area (Å²) in [5.74, 6) is 0.260. The zero-order valence-electron chi connectivity index (χ0n) is 8.79. The van der Waals surface area contributed by atoms with Crippen molar-refractivity contribution in [1.29, 1.82) is 0 Å². The molecule has 0 saturated carbocycles. The van der Waals surface area contributed by atoms with Crippen molar-refractivity contribution < 1.29 is 4.79 Å². The minimum Gasteiger partial charge on any atom is -0.310 e. The predicted molar refractivity (Wildman–Crippen MR) is 55.1 cm³/mol. The lowest BCUT2D eigenvalue weighted by atomic mass is 10.1. The molecule has 0 radical (unpaired) electrons. The summed E-state index contributed by atoms with van der Waals surface area (Å²) in [7, 11) is 1.88. The van der Waals surface area contributed by atoms with E-state index in [9.17, 15) is 4.79 Å². The molecule has 0 aliphatic rings. The van der Waals surface area contributed by atoms with E-state index in [1.807, 2.05) is 20.2 Å². The van der Waals surface area contributed by atoms with Crippen molar-refractivity contribution in [2.75, 3.05) is 13.1 Å². The molecule has 0 amide bonds. The van der Waals surface area contributed by atoms with Gasteiger partial charge in [0.25, 0.3) is 0 Å². The number of hydrogen-bond donors (Lipinski definition) is 1. The van der Waals surface area contributed by atoms with Crippen LogP contribution in [-0.2, 0) is 18.3 Å². The number of Topliss-reactive ketones (excluding diaryl/α,β-unsaturated/α-hetero) is 1. The molecule has 1 aromatic rings. The van der Waals surface area contributed by atoms with E-state index in [4.69, 9.17) is 0 Å². The van der Waals surface area contributed by atoms with Gasteiger partial charge in [0, 0.05) is 19.7 Å². The summed E-state index contributed by atoms with van der Waals surface area (Å²) < 4.78 is 1.75. The Morgan fingerprint density at radius 3 is 3.00 bits per heavy atom. The van der Waals surface area contributed by atoms with Crippen molar-refractivity contribution in [2.24, 2.45) is 7.05 Å². The minimum atomic E-state index is 0.260. The number of ketones is 1. The van der Waals surface area contributed by atoms with Gasteiger partial charge >= 0.3 is 0 Å². The molecule has 0 saturated heterocycles. The van der Waals surface area contributed by atoms with Gasteiger partial charge in [-0.3, -0.25) is 9.48 Å². The number of carbonyl (C=O) groups excluding carboxylic acids is 1. The Morgan fingerprint density at radius 1 is 1.64 bits per heavy atom. The van der Waals surface area contributed by atoms with Crippen LogP contribution in [0.4, 0.5) is 0 Å². The van der Waals surface area contributed by atoms with Crippen LogP contribution in [0.2, 0.25) is 0 Å². The van der Waals surface area contributed by atoms with Crippen molar-refractivity contribution in [1.82, 2.24) is 15.1 Å². The highest BCUT2D eigenvalue weighted by molar-refractivity contribution is 5.80. The number of rotatable bonds is 6. The largest absolute Gasteiger partial charge is 0.310 e. The van der Waals surface area contributed by atoms with Gasteiger partial charge in [-0.15, -0.1) is 0 Å². The molecule has 0 spiro atoms. The van der Waals surface area contributed by atoms with Crippen LogP contribution in [0, 0.1) is 0 Å². The molecule has 0 aromatic carbocycles. The fourth-order valence-electron chi connectivity index (χ4n) is 1.24. The molecule has 0 bridgehead atoms. The van der Waals surface area contributed by atoms with Gasteiger partial charge in [-0.05, 0) is 18.5 Å². The van der Waals surface area contributed by atoms with Gasteiger partial charge in [-0.1, -0.05) is 6.92 Å². The van der Waals surface area contributed by atoms with Crippen LogP contribution in [0.15, 0.2) is 12.4 Å². The fourth-order valence-corrected chi connectivity index (χ4v) is 1.24. The number of hydrogen-bond acceptors (Lipinski definition) is 3. The molecule has 4 heteroatoms. The van der Waals surface area contributed by atoms with E-state index in [2.05, 4.69) is 10.4 Å². The highest BCUT2D eigenvalue weighted by atomic mass is 16.1. The summed E-state index contributed by atoms with van der Waals surface area (Å²) in [4.78, 5) is 11.3. The van der Waals surface area contributed by atoms with Gasteiger partial charge in [0.05, 0.1) is 12.7 Å². The first kappa shape index (κ1) is 10.9. The van der Waals surface area contributed by atoms with Gasteiger partial charge in [-0.2, -0.15) is 5.10 Å². The summed E-state index contributed by atoms with van der Waals surface area (Å²) in [6.07, 6.45) is 5.14. The minimum absolute atomic E-state index is 0.260. The number of likely N-dealkylation sites (N-methyl/N-ethyl adjacent to an activating group) is 1. The second-order valence-corrected chi connectivity index (χ2v) is 3.34. The van der Waals surface area contributed by atoms with E-state index in [1.165, 1.54) is 0 Å². The third-order valence-corrected chi connectivity index (χ3v) is 2.02. The van der Waals surface area contributed by atoms with E-state index in [1.54, 1.807) is 10.9 Å². The number of nitrogens with one attached hydrogen (secondary N) is 1. The van der Waals surface area contributed by atoms with Crippen LogP contribution < -0.4 is 5.32 Å². The number of carbonyl (C=O) groups is 1. The average Bonchev–Trinajstić information content (AvgIpc) is 2.58. The summed E-state index contributed by atoms with van der Waals surface area (Å²) in [6.45, 7) is 3.32. The summed E-state index contributed by atoms with van der Waals surface area (Å²) in [5, 5.41) is 7.07. The maximum Gasteiger partial charge on any atom is 0.146 e. The molecule has 1 rings (SSSR count). The Labute approximate surface area is 84.3 Å². The van der Waals surface area contributed by atoms with Crippen LogP contribution in [0.25, 0.3) is 0 Å². The molecule has 1 heterocycles. The van der Waals surface area contributed by atoms with Gasteiger partial charge in [0.15, 0.2) is 0 Å². The standard InChI is InChI=1S/C10H17N3O/c1-3-11-7-10(14)5-4-9-6-12-13(2)8-9/h6,8,11H,3-5,7H2,1-2H3. The highest BCUT2D eigenvalue weighted by Gasteiger charge is 2.02. The average molecular weight is 195 g/mol. The van der Waals surface area contributed by atoms with E-state index in [-0.39, 0.29) is 5.78 Å². The molecular formula is C10H17N3O. The zero-order chi connectivity index (χ0) is 10.4. The first-order valence-electron chi connectivity index (χ1n) is 4.92. The number of aromatic nitrogens is 2. The van der Waals surface area contributed by atoms with E-state index >= 15 is 0 Å². The molecule has 0 aliphatic heterocycles. The van der Waals surface area contributed by atoms with Gasteiger partial charge in [-0.25, -0.2) is 0 Å². The van der Waals surface area contributed by atoms with Crippen molar-refractivity contribution in [3.05, 3.63) is 18.0 Å². The second kappa shape index (κ2) is 5.54. The van der Waals surface area contributed by atoms with Crippen molar-refractivity contribution in [3.63, 3.8) is 0 Å². The molecule has 0 aliphatic carbocycles. The lowest BCUT2D eigenvalue weighted by Crippen LogP contribution is -2.22. The molecule has 1 aromatic heterocycles. The first-order valence-corrected chi connectivity index (χ1v) is 4.92. The van der Waals surface area contributed by atoms with Crippen LogP contribution in [0.3, 0.4) is 0 Å². The summed E-state index contributed by atoms with van der Waals surface area (Å²) in [6, 6.07) is 0. The third kappa shape index (κ3) is 3.70. The van der Waals surface area contributed by atoms with Crippen molar-refractivity contribution in [2.45, 2.75) is 19.8 Å². The summed E-state index contributed by atoms with van der Waals surface area (Å²) in [5.41, 5.74) is 1.12. The smallest absolute Gasteiger partial charge is 0.146 e. The first-order chi connectivity index (χ1) is 6.72. The Kier molecular flexibility index (Phi) is 4.32. The Bertz CT molecular complexity index is 293. The normalized spacial score (nSPS) is 10.4. The van der Waals surface area contributed by atoms with Crippen LogP contribution in [-0.4, -0.2) is 28.7 Å². The zero-order valence-corrected chi connectivity index (χ0v) is 8.79. The molecule has 1 N–H and O–H groups in total. The third-order valence-electron chi connectivity index (χ3n) is 2.02. The lowest BCUT2D eigenvalue weighted by molar-refractivity contribution is -0.118. The lowest BCUT2D eigenvalue weighted by Gasteiger charge is -1.99. The molecule has 78 valence electrons. The molecule has 14 heavy (non-hydrogen) atoms.